The molecule has 0 saturated heterocycles. The lowest BCUT2D eigenvalue weighted by molar-refractivity contribution is -0.129. The summed E-state index contributed by atoms with van der Waals surface area (Å²) in [6, 6.07) is 12.4. The predicted molar refractivity (Wildman–Crippen MR) is 138 cm³/mol. The van der Waals surface area contributed by atoms with Crippen molar-refractivity contribution in [2.24, 2.45) is 5.41 Å². The average Bonchev–Trinajstić information content (AvgIpc) is 3.00. The van der Waals surface area contributed by atoms with Gasteiger partial charge in [-0.15, -0.1) is 0 Å². The highest BCUT2D eigenvalue weighted by Crippen LogP contribution is 2.45. The minimum absolute atomic E-state index is 0.0374. The maximum absolute atomic E-state index is 13.7. The largest absolute Gasteiger partial charge is 0.509 e. The molecule has 0 spiro atoms. The van der Waals surface area contributed by atoms with Crippen LogP contribution >= 0.6 is 11.6 Å². The molecule has 2 aliphatic rings. The molecule has 1 amide bonds. The zero-order valence-electron chi connectivity index (χ0n) is 20.0. The second kappa shape index (κ2) is 8.82. The van der Waals surface area contributed by atoms with Gasteiger partial charge in [0.25, 0.3) is 5.91 Å². The highest BCUT2D eigenvalue weighted by atomic mass is 35.5. The van der Waals surface area contributed by atoms with E-state index in [4.69, 9.17) is 11.6 Å². The van der Waals surface area contributed by atoms with Crippen molar-refractivity contribution in [3.63, 3.8) is 0 Å². The molecule has 0 saturated carbocycles. The molecule has 2 aromatic rings. The molecule has 192 valence electrons. The van der Waals surface area contributed by atoms with Crippen LogP contribution in [-0.2, 0) is 31.2 Å². The van der Waals surface area contributed by atoms with Gasteiger partial charge in [-0.25, -0.2) is 16.8 Å². The van der Waals surface area contributed by atoms with Crippen molar-refractivity contribution >= 4 is 48.7 Å². The van der Waals surface area contributed by atoms with Crippen molar-refractivity contribution < 1.29 is 26.7 Å². The van der Waals surface area contributed by atoms with E-state index >= 15 is 0 Å². The van der Waals surface area contributed by atoms with E-state index in [-0.39, 0.29) is 39.8 Å². The lowest BCUT2D eigenvalue weighted by atomic mass is 9.85. The topological polar surface area (TPSA) is 133 Å². The van der Waals surface area contributed by atoms with Crippen LogP contribution in [0.2, 0.25) is 0 Å². The van der Waals surface area contributed by atoms with Crippen LogP contribution in [0.5, 0.6) is 0 Å². The zero-order chi connectivity index (χ0) is 26.6. The third kappa shape index (κ3) is 4.70. The minimum Gasteiger partial charge on any atom is -0.509 e. The van der Waals surface area contributed by atoms with Gasteiger partial charge < -0.3 is 15.3 Å². The first-order chi connectivity index (χ1) is 16.6. The normalized spacial score (nSPS) is 19.9. The number of sulfonamides is 1. The second-order valence-electron chi connectivity index (χ2n) is 9.81. The zero-order valence-corrected chi connectivity index (χ0v) is 22.4. The van der Waals surface area contributed by atoms with Gasteiger partial charge in [0.05, 0.1) is 28.6 Å². The molecule has 2 heterocycles. The second-order valence-corrected chi connectivity index (χ2v) is 14.0. The molecular weight excluding hydrogens is 526 g/mol. The lowest BCUT2D eigenvalue weighted by Gasteiger charge is -2.35. The summed E-state index contributed by atoms with van der Waals surface area (Å²) in [5.74, 6) is -0.843. The van der Waals surface area contributed by atoms with Crippen LogP contribution in [0.4, 0.5) is 11.4 Å². The summed E-state index contributed by atoms with van der Waals surface area (Å²) < 4.78 is 51.3. The third-order valence-corrected chi connectivity index (χ3v) is 8.83. The fourth-order valence-corrected chi connectivity index (χ4v) is 6.66. The Morgan fingerprint density at radius 1 is 1.14 bits per heavy atom. The number of carbonyl (C=O) groups is 1. The number of benzene rings is 2. The fourth-order valence-electron chi connectivity index (χ4n) is 4.41. The van der Waals surface area contributed by atoms with E-state index in [1.807, 2.05) is 51.1 Å². The molecule has 0 unspecified atom stereocenters. The number of aliphatic hydroxyl groups excluding tert-OH is 1. The molecule has 2 aliphatic heterocycles. The van der Waals surface area contributed by atoms with E-state index in [1.54, 1.807) is 0 Å². The third-order valence-electron chi connectivity index (χ3n) is 5.83. The number of anilines is 2. The molecule has 2 aromatic carbocycles. The predicted octanol–water partition coefficient (Wildman–Crippen LogP) is 3.93. The Hall–Kier alpha value is -3.02. The van der Waals surface area contributed by atoms with Crippen LogP contribution in [0.3, 0.4) is 0 Å². The quantitative estimate of drug-likeness (QED) is 0.512. The van der Waals surface area contributed by atoms with Crippen LogP contribution in [0.1, 0.15) is 26.3 Å². The van der Waals surface area contributed by atoms with Gasteiger partial charge in [-0.3, -0.25) is 9.52 Å². The first-order valence-corrected chi connectivity index (χ1v) is 14.7. The summed E-state index contributed by atoms with van der Waals surface area (Å²) >= 11 is 6.34. The molecule has 1 atom stereocenters. The van der Waals surface area contributed by atoms with E-state index in [1.165, 1.54) is 17.0 Å². The van der Waals surface area contributed by atoms with Gasteiger partial charge in [0.15, 0.2) is 4.36 Å². The molecule has 12 heteroatoms. The first-order valence-electron chi connectivity index (χ1n) is 10.9. The number of aliphatic hydroxyl groups is 1. The number of hydrogen-bond donors (Lipinski definition) is 3. The van der Waals surface area contributed by atoms with Gasteiger partial charge in [0.2, 0.25) is 19.9 Å². The number of hydrogen-bond acceptors (Lipinski definition) is 7. The number of amides is 1. The lowest BCUT2D eigenvalue weighted by Crippen LogP contribution is -2.43. The van der Waals surface area contributed by atoms with E-state index in [0.29, 0.717) is 0 Å². The fraction of sp³-hybridized carbons (Fsp3) is 0.292. The molecule has 0 aliphatic carbocycles. The highest BCUT2D eigenvalue weighted by Gasteiger charge is 2.48. The molecular formula is C24H26ClN3O6S2. The summed E-state index contributed by atoms with van der Waals surface area (Å²) in [5, 5.41) is 14.2. The number of fused-ring (bicyclic) bond motifs is 1. The van der Waals surface area contributed by atoms with Crippen LogP contribution in [0.15, 0.2) is 74.8 Å². The molecule has 9 nitrogen and oxygen atoms in total. The van der Waals surface area contributed by atoms with E-state index < -0.39 is 41.6 Å². The van der Waals surface area contributed by atoms with Crippen molar-refractivity contribution in [3.05, 3.63) is 75.5 Å². The number of halogens is 1. The maximum atomic E-state index is 13.7. The maximum Gasteiger partial charge on any atom is 0.260 e. The van der Waals surface area contributed by atoms with E-state index in [2.05, 4.69) is 10.0 Å². The molecule has 0 aromatic heterocycles. The summed E-state index contributed by atoms with van der Waals surface area (Å²) in [6.45, 7) is 5.81. The van der Waals surface area contributed by atoms with Crippen molar-refractivity contribution in [1.82, 2.24) is 4.90 Å². The van der Waals surface area contributed by atoms with Crippen molar-refractivity contribution in [2.45, 2.75) is 38.3 Å². The summed E-state index contributed by atoms with van der Waals surface area (Å²) in [4.78, 5) is 14.9. The van der Waals surface area contributed by atoms with E-state index in [0.717, 1.165) is 17.9 Å². The van der Waals surface area contributed by atoms with E-state index in [9.17, 15) is 26.7 Å². The molecule has 4 rings (SSSR count). The van der Waals surface area contributed by atoms with Crippen molar-refractivity contribution in [2.75, 3.05) is 16.3 Å². The molecule has 36 heavy (non-hydrogen) atoms. The minimum atomic E-state index is -4.33. The van der Waals surface area contributed by atoms with Gasteiger partial charge in [-0.1, -0.05) is 62.7 Å². The Labute approximate surface area is 215 Å². The summed E-state index contributed by atoms with van der Waals surface area (Å²) in [6.07, 6.45) is 0.942. The first kappa shape index (κ1) is 26.1. The summed E-state index contributed by atoms with van der Waals surface area (Å²) in [7, 11) is -7.98. The Morgan fingerprint density at radius 3 is 2.36 bits per heavy atom. The smallest absolute Gasteiger partial charge is 0.260 e. The molecule has 3 N–H and O–H groups in total. The Balaban J connectivity index is 1.81. The number of nitrogens with one attached hydrogen (secondary N) is 2. The molecule has 0 bridgehead atoms. The van der Waals surface area contributed by atoms with Gasteiger partial charge >= 0.3 is 0 Å². The van der Waals surface area contributed by atoms with Gasteiger partial charge in [-0.2, -0.15) is 0 Å². The Morgan fingerprint density at radius 2 is 1.78 bits per heavy atom. The van der Waals surface area contributed by atoms with Crippen LogP contribution in [0, 0.1) is 5.41 Å². The van der Waals surface area contributed by atoms with Gasteiger partial charge in [0, 0.05) is 12.2 Å². The van der Waals surface area contributed by atoms with Crippen molar-refractivity contribution in [3.8, 4) is 0 Å². The van der Waals surface area contributed by atoms with Crippen LogP contribution in [-0.4, -0.2) is 45.0 Å². The Bertz CT molecular complexity index is 1530. The van der Waals surface area contributed by atoms with Crippen molar-refractivity contribution in [1.29, 1.82) is 0 Å². The van der Waals surface area contributed by atoms with Gasteiger partial charge in [-0.05, 0) is 29.2 Å². The molecule has 0 fully saturated rings. The SMILES string of the molecule is CC(C)(C)[C@H]1C(O)=C(C2=C(Cl)S(=O)(=O)c3cc(NS(C)(=O)=O)ccc3N2)C(=O)N1Cc1ccccc1. The number of sulfone groups is 1. The number of carbonyl (C=O) groups excluding carboxylic acids is 1. The monoisotopic (exact) mass is 551 g/mol. The number of nitrogens with zero attached hydrogens (tertiary/aromatic N) is 1. The van der Waals surface area contributed by atoms with Crippen LogP contribution in [0.25, 0.3) is 0 Å². The van der Waals surface area contributed by atoms with Gasteiger partial charge in [0.1, 0.15) is 11.3 Å². The molecule has 0 radical (unpaired) electrons. The standard InChI is InChI=1S/C24H26ClN3O6S2/c1-24(2,3)21-20(29)18(23(30)28(21)13-14-8-6-5-7-9-14)19-22(25)36(33,34)17-12-15(27-35(4,31)32)10-11-16(17)26-19/h5-12,21,26-27,29H,13H2,1-4H3/t21-/m1/s1. The average molecular weight is 552 g/mol. The Kier molecular flexibility index (Phi) is 6.39. The number of rotatable bonds is 5. The van der Waals surface area contributed by atoms with Crippen LogP contribution < -0.4 is 10.0 Å². The summed E-state index contributed by atoms with van der Waals surface area (Å²) in [5.41, 5.74) is -0.0507. The highest BCUT2D eigenvalue weighted by molar-refractivity contribution is 7.97.